The molecule has 23 heavy (non-hydrogen) atoms. The fraction of sp³-hybridized carbons (Fsp3) is 0.333. The van der Waals surface area contributed by atoms with E-state index in [0.29, 0.717) is 5.56 Å². The van der Waals surface area contributed by atoms with Gasteiger partial charge in [-0.2, -0.15) is 8.78 Å². The average molecular weight is 329 g/mol. The van der Waals surface area contributed by atoms with E-state index in [9.17, 15) is 18.4 Å². The summed E-state index contributed by atoms with van der Waals surface area (Å²) in [5.74, 6) is -1.77. The zero-order valence-electron chi connectivity index (χ0n) is 12.2. The molecule has 1 amide bonds. The summed E-state index contributed by atoms with van der Waals surface area (Å²) in [6.45, 7) is 0.492. The van der Waals surface area contributed by atoms with Gasteiger partial charge >= 0.3 is 12.6 Å². The minimum Gasteiger partial charge on any atom is -0.480 e. The molecule has 126 valence electrons. The van der Waals surface area contributed by atoms with Crippen LogP contribution in [0.5, 0.6) is 5.75 Å². The average Bonchev–Trinajstić information content (AvgIpc) is 2.47. The molecule has 0 spiro atoms. The third-order valence-corrected chi connectivity index (χ3v) is 2.67. The summed E-state index contributed by atoms with van der Waals surface area (Å²) in [6, 6.07) is 4.32. The van der Waals surface area contributed by atoms with Gasteiger partial charge in [-0.3, -0.25) is 4.79 Å². The molecular formula is C15H17F2NO5. The molecule has 0 heterocycles. The van der Waals surface area contributed by atoms with Crippen LogP contribution in [-0.2, 0) is 20.7 Å². The van der Waals surface area contributed by atoms with E-state index in [1.54, 1.807) is 0 Å². The van der Waals surface area contributed by atoms with Gasteiger partial charge in [-0.25, -0.2) is 4.79 Å². The van der Waals surface area contributed by atoms with Crippen LogP contribution in [0.4, 0.5) is 8.78 Å². The van der Waals surface area contributed by atoms with Crippen molar-refractivity contribution in [2.75, 3.05) is 13.2 Å². The van der Waals surface area contributed by atoms with Gasteiger partial charge in [0.15, 0.2) is 6.04 Å². The molecule has 1 unspecified atom stereocenters. The summed E-state index contributed by atoms with van der Waals surface area (Å²) in [6.07, 6.45) is 1.37. The summed E-state index contributed by atoms with van der Waals surface area (Å²) in [5.41, 5.74) is 0.528. The predicted octanol–water partition coefficient (Wildman–Crippen LogP) is 1.60. The second kappa shape index (κ2) is 9.52. The number of alkyl halides is 2. The van der Waals surface area contributed by atoms with Crippen LogP contribution in [0.25, 0.3) is 0 Å². The van der Waals surface area contributed by atoms with Gasteiger partial charge in [-0.05, 0) is 17.7 Å². The number of amides is 1. The Morgan fingerprint density at radius 1 is 1.30 bits per heavy atom. The number of rotatable bonds is 10. The maximum Gasteiger partial charge on any atom is 0.387 e. The van der Waals surface area contributed by atoms with Gasteiger partial charge in [-0.1, -0.05) is 18.2 Å². The number of benzene rings is 1. The Balaban J connectivity index is 2.53. The number of halogens is 2. The van der Waals surface area contributed by atoms with E-state index in [1.165, 1.54) is 30.3 Å². The lowest BCUT2D eigenvalue weighted by Gasteiger charge is -2.14. The van der Waals surface area contributed by atoms with Crippen molar-refractivity contribution in [3.8, 4) is 5.75 Å². The summed E-state index contributed by atoms with van der Waals surface area (Å²) in [5, 5.41) is 11.3. The second-order valence-corrected chi connectivity index (χ2v) is 4.48. The second-order valence-electron chi connectivity index (χ2n) is 4.48. The van der Waals surface area contributed by atoms with Gasteiger partial charge < -0.3 is 19.9 Å². The molecule has 6 nitrogen and oxygen atoms in total. The smallest absolute Gasteiger partial charge is 0.387 e. The van der Waals surface area contributed by atoms with Gasteiger partial charge in [-0.15, -0.1) is 6.58 Å². The third kappa shape index (κ3) is 7.37. The highest BCUT2D eigenvalue weighted by atomic mass is 19.3. The van der Waals surface area contributed by atoms with Crippen LogP contribution in [0.15, 0.2) is 36.9 Å². The summed E-state index contributed by atoms with van der Waals surface area (Å²) in [4.78, 5) is 22.8. The highest BCUT2D eigenvalue weighted by Crippen LogP contribution is 2.15. The number of carboxylic acids is 1. The molecule has 0 saturated carbocycles. The van der Waals surface area contributed by atoms with E-state index in [4.69, 9.17) is 9.84 Å². The maximum atomic E-state index is 12.0. The van der Waals surface area contributed by atoms with E-state index >= 15 is 0 Å². The largest absolute Gasteiger partial charge is 0.480 e. The lowest BCUT2D eigenvalue weighted by Crippen LogP contribution is -2.44. The van der Waals surface area contributed by atoms with Crippen molar-refractivity contribution in [3.05, 3.63) is 42.5 Å². The van der Waals surface area contributed by atoms with E-state index in [-0.39, 0.29) is 25.4 Å². The standard InChI is InChI=1S/C15H17F2NO5/c1-2-7-22-9-12(14(20)21)18-13(19)8-10-3-5-11(6-4-10)23-15(16)17/h2-6,12,15H,1,7-9H2,(H,18,19)(H,20,21). The van der Waals surface area contributed by atoms with E-state index in [2.05, 4.69) is 16.6 Å². The molecule has 0 aliphatic heterocycles. The summed E-state index contributed by atoms with van der Waals surface area (Å²) >= 11 is 0. The molecule has 0 aliphatic rings. The molecule has 0 aromatic heterocycles. The van der Waals surface area contributed by atoms with Crippen LogP contribution in [0, 0.1) is 0 Å². The molecule has 1 atom stereocenters. The Hall–Kier alpha value is -2.48. The van der Waals surface area contributed by atoms with Crippen LogP contribution in [0.3, 0.4) is 0 Å². The van der Waals surface area contributed by atoms with Gasteiger partial charge in [0, 0.05) is 0 Å². The van der Waals surface area contributed by atoms with Crippen LogP contribution in [0.1, 0.15) is 5.56 Å². The van der Waals surface area contributed by atoms with E-state index in [1.807, 2.05) is 0 Å². The quantitative estimate of drug-likeness (QED) is 0.503. The summed E-state index contributed by atoms with van der Waals surface area (Å²) in [7, 11) is 0. The SMILES string of the molecule is C=CCOCC(NC(=O)Cc1ccc(OC(F)F)cc1)C(=O)O. The van der Waals surface area contributed by atoms with Crippen molar-refractivity contribution in [3.63, 3.8) is 0 Å². The Bertz CT molecular complexity index is 533. The topological polar surface area (TPSA) is 84.9 Å². The number of hydrogen-bond acceptors (Lipinski definition) is 4. The lowest BCUT2D eigenvalue weighted by molar-refractivity contribution is -0.143. The summed E-state index contributed by atoms with van der Waals surface area (Å²) < 4.78 is 33.2. The van der Waals surface area contributed by atoms with Crippen LogP contribution in [-0.4, -0.2) is 42.9 Å². The Morgan fingerprint density at radius 3 is 2.48 bits per heavy atom. The Labute approximate surface area is 131 Å². The minimum absolute atomic E-state index is 0.0228. The van der Waals surface area contributed by atoms with Crippen LogP contribution < -0.4 is 10.1 Å². The number of ether oxygens (including phenoxy) is 2. The normalized spacial score (nSPS) is 11.8. The minimum atomic E-state index is -2.92. The van der Waals surface area contributed by atoms with Gasteiger partial charge in [0.2, 0.25) is 5.91 Å². The van der Waals surface area contributed by atoms with E-state index < -0.39 is 24.5 Å². The molecule has 1 rings (SSSR count). The van der Waals surface area contributed by atoms with Crippen molar-refractivity contribution in [2.24, 2.45) is 0 Å². The van der Waals surface area contributed by atoms with Crippen molar-refractivity contribution in [2.45, 2.75) is 19.1 Å². The Kier molecular flexibility index (Phi) is 7.69. The first-order chi connectivity index (χ1) is 10.9. The number of carboxylic acid groups (broad SMARTS) is 1. The molecule has 2 N–H and O–H groups in total. The first kappa shape index (κ1) is 18.6. The van der Waals surface area contributed by atoms with Crippen molar-refractivity contribution in [1.82, 2.24) is 5.32 Å². The monoisotopic (exact) mass is 329 g/mol. The predicted molar refractivity (Wildman–Crippen MR) is 77.4 cm³/mol. The first-order valence-corrected chi connectivity index (χ1v) is 6.67. The highest BCUT2D eigenvalue weighted by Gasteiger charge is 2.20. The fourth-order valence-corrected chi connectivity index (χ4v) is 1.66. The molecule has 1 aromatic carbocycles. The van der Waals surface area contributed by atoms with E-state index in [0.717, 1.165) is 0 Å². The Morgan fingerprint density at radius 2 is 1.96 bits per heavy atom. The number of carbonyl (C=O) groups is 2. The van der Waals surface area contributed by atoms with Crippen molar-refractivity contribution < 1.29 is 33.0 Å². The molecule has 0 bridgehead atoms. The number of carbonyl (C=O) groups excluding carboxylic acids is 1. The molecule has 1 aromatic rings. The van der Waals surface area contributed by atoms with Gasteiger partial charge in [0.25, 0.3) is 0 Å². The first-order valence-electron chi connectivity index (χ1n) is 6.67. The third-order valence-electron chi connectivity index (χ3n) is 2.67. The van der Waals surface area contributed by atoms with Crippen molar-refractivity contribution in [1.29, 1.82) is 0 Å². The van der Waals surface area contributed by atoms with Crippen LogP contribution in [0.2, 0.25) is 0 Å². The molecule has 0 saturated heterocycles. The zero-order chi connectivity index (χ0) is 17.2. The molecule has 0 radical (unpaired) electrons. The highest BCUT2D eigenvalue weighted by molar-refractivity contribution is 5.84. The fourth-order valence-electron chi connectivity index (χ4n) is 1.66. The van der Waals surface area contributed by atoms with Crippen molar-refractivity contribution >= 4 is 11.9 Å². The molecule has 0 aliphatic carbocycles. The molecular weight excluding hydrogens is 312 g/mol. The molecule has 8 heteroatoms. The number of aliphatic carboxylic acids is 1. The maximum absolute atomic E-state index is 12.0. The lowest BCUT2D eigenvalue weighted by atomic mass is 10.1. The van der Waals surface area contributed by atoms with Gasteiger partial charge in [0.1, 0.15) is 5.75 Å². The number of hydrogen-bond donors (Lipinski definition) is 2. The van der Waals surface area contributed by atoms with Gasteiger partial charge in [0.05, 0.1) is 19.6 Å². The molecule has 0 fully saturated rings. The number of nitrogens with one attached hydrogen (secondary N) is 1. The van der Waals surface area contributed by atoms with Crippen LogP contribution >= 0.6 is 0 Å². The zero-order valence-corrected chi connectivity index (χ0v) is 12.2.